The molecule has 0 saturated heterocycles. The number of hydrogen-bond acceptors (Lipinski definition) is 2. The Balaban J connectivity index is 1.92. The van der Waals surface area contributed by atoms with E-state index in [0.29, 0.717) is 17.1 Å². The molecular weight excluding hydrogens is 348 g/mol. The first-order valence-electron chi connectivity index (χ1n) is 8.58. The molecule has 1 heterocycles. The number of aromatic amines is 1. The average molecular weight is 369 g/mol. The summed E-state index contributed by atoms with van der Waals surface area (Å²) >= 11 is 0. The molecule has 0 aliphatic heterocycles. The molecule has 2 N–H and O–H groups in total. The Labute approximate surface area is 156 Å². The molecule has 4 nitrogen and oxygen atoms in total. The van der Waals surface area contributed by atoms with Crippen molar-refractivity contribution in [1.29, 1.82) is 0 Å². The first kappa shape index (κ1) is 18.8. The van der Waals surface area contributed by atoms with Crippen LogP contribution in [-0.2, 0) is 5.41 Å². The number of nitrogens with zero attached hydrogens (tertiary/aromatic N) is 1. The minimum Gasteiger partial charge on any atom is -0.319 e. The lowest BCUT2D eigenvalue weighted by atomic mass is 9.86. The van der Waals surface area contributed by atoms with Gasteiger partial charge in [-0.3, -0.25) is 9.89 Å². The fourth-order valence-corrected chi connectivity index (χ4v) is 2.79. The second kappa shape index (κ2) is 6.95. The van der Waals surface area contributed by atoms with Gasteiger partial charge in [-0.2, -0.15) is 5.10 Å². The predicted molar refractivity (Wildman–Crippen MR) is 102 cm³/mol. The van der Waals surface area contributed by atoms with Crippen molar-refractivity contribution in [1.82, 2.24) is 10.2 Å². The number of hydrogen-bond donors (Lipinski definition) is 2. The molecule has 3 rings (SSSR count). The number of aromatic nitrogens is 2. The third-order valence-electron chi connectivity index (χ3n) is 4.33. The van der Waals surface area contributed by atoms with Crippen LogP contribution in [0.1, 0.15) is 42.4 Å². The van der Waals surface area contributed by atoms with E-state index in [1.807, 2.05) is 24.3 Å². The average Bonchev–Trinajstić information content (AvgIpc) is 2.94. The maximum absolute atomic E-state index is 13.4. The summed E-state index contributed by atoms with van der Waals surface area (Å²) in [6.07, 6.45) is 0. The Hall–Kier alpha value is -3.02. The molecule has 0 unspecified atom stereocenters. The van der Waals surface area contributed by atoms with E-state index in [0.717, 1.165) is 23.8 Å². The van der Waals surface area contributed by atoms with Crippen molar-refractivity contribution in [3.8, 4) is 11.3 Å². The van der Waals surface area contributed by atoms with Crippen LogP contribution in [0.25, 0.3) is 11.3 Å². The molecule has 2 aromatic carbocycles. The van der Waals surface area contributed by atoms with Crippen molar-refractivity contribution in [2.24, 2.45) is 0 Å². The van der Waals surface area contributed by atoms with E-state index in [1.54, 1.807) is 6.92 Å². The second-order valence-corrected chi connectivity index (χ2v) is 7.51. The van der Waals surface area contributed by atoms with Gasteiger partial charge in [-0.05, 0) is 30.0 Å². The van der Waals surface area contributed by atoms with Gasteiger partial charge in [-0.15, -0.1) is 0 Å². The van der Waals surface area contributed by atoms with Gasteiger partial charge in [0.05, 0.1) is 11.4 Å². The maximum Gasteiger partial charge on any atom is 0.255 e. The molecule has 0 fully saturated rings. The monoisotopic (exact) mass is 369 g/mol. The summed E-state index contributed by atoms with van der Waals surface area (Å²) in [6, 6.07) is 10.6. The number of anilines is 1. The van der Waals surface area contributed by atoms with E-state index < -0.39 is 17.5 Å². The van der Waals surface area contributed by atoms with Crippen LogP contribution in [0.5, 0.6) is 0 Å². The smallest absolute Gasteiger partial charge is 0.255 e. The minimum absolute atomic E-state index is 0.0263. The number of halogens is 2. The molecular formula is C21H21F2N3O. The van der Waals surface area contributed by atoms with Gasteiger partial charge >= 0.3 is 0 Å². The van der Waals surface area contributed by atoms with Crippen LogP contribution in [0.2, 0.25) is 0 Å². The Morgan fingerprint density at radius 1 is 1.04 bits per heavy atom. The highest BCUT2D eigenvalue weighted by Crippen LogP contribution is 2.31. The summed E-state index contributed by atoms with van der Waals surface area (Å²) in [5, 5.41) is 9.83. The number of rotatable bonds is 3. The van der Waals surface area contributed by atoms with E-state index in [1.165, 1.54) is 5.56 Å². The number of H-pyrrole nitrogens is 1. The standard InChI is InChI=1S/C21H21F2N3O/c1-12-18(24-20(27)14-9-16(22)11-17(23)10-14)19(26-25-12)13-5-7-15(8-6-13)21(2,3)4/h5-11H,1-4H3,(H,24,27)(H,25,26). The van der Waals surface area contributed by atoms with Gasteiger partial charge in [0.1, 0.15) is 17.3 Å². The van der Waals surface area contributed by atoms with Crippen LogP contribution in [0.4, 0.5) is 14.5 Å². The molecule has 1 amide bonds. The van der Waals surface area contributed by atoms with Crippen molar-refractivity contribution in [2.75, 3.05) is 5.32 Å². The highest BCUT2D eigenvalue weighted by Gasteiger charge is 2.18. The van der Waals surface area contributed by atoms with E-state index in [4.69, 9.17) is 0 Å². The largest absolute Gasteiger partial charge is 0.319 e. The Bertz CT molecular complexity index is 965. The van der Waals surface area contributed by atoms with Crippen molar-refractivity contribution in [2.45, 2.75) is 33.1 Å². The number of aryl methyl sites for hydroxylation is 1. The zero-order valence-corrected chi connectivity index (χ0v) is 15.7. The highest BCUT2D eigenvalue weighted by atomic mass is 19.1. The summed E-state index contributed by atoms with van der Waals surface area (Å²) in [4.78, 5) is 12.5. The first-order chi connectivity index (χ1) is 12.6. The normalized spacial score (nSPS) is 11.5. The lowest BCUT2D eigenvalue weighted by molar-refractivity contribution is 0.102. The topological polar surface area (TPSA) is 57.8 Å². The minimum atomic E-state index is -0.804. The van der Waals surface area contributed by atoms with Crippen molar-refractivity contribution in [3.63, 3.8) is 0 Å². The van der Waals surface area contributed by atoms with Crippen molar-refractivity contribution in [3.05, 3.63) is 70.9 Å². The lowest BCUT2D eigenvalue weighted by Gasteiger charge is -2.19. The number of nitrogens with one attached hydrogen (secondary N) is 2. The molecule has 0 radical (unpaired) electrons. The number of carbonyl (C=O) groups is 1. The van der Waals surface area contributed by atoms with E-state index in [-0.39, 0.29) is 11.0 Å². The number of benzene rings is 2. The third-order valence-corrected chi connectivity index (χ3v) is 4.33. The van der Waals surface area contributed by atoms with Gasteiger partial charge in [-0.1, -0.05) is 45.0 Å². The van der Waals surface area contributed by atoms with Crippen LogP contribution in [0.3, 0.4) is 0 Å². The molecule has 0 atom stereocenters. The molecule has 27 heavy (non-hydrogen) atoms. The van der Waals surface area contributed by atoms with Crippen LogP contribution in [0, 0.1) is 18.6 Å². The highest BCUT2D eigenvalue weighted by molar-refractivity contribution is 6.06. The predicted octanol–water partition coefficient (Wildman–Crippen LogP) is 5.21. The molecule has 1 aromatic heterocycles. The summed E-state index contributed by atoms with van der Waals surface area (Å²) < 4.78 is 26.8. The zero-order valence-electron chi connectivity index (χ0n) is 15.7. The van der Waals surface area contributed by atoms with Crippen molar-refractivity contribution >= 4 is 11.6 Å². The van der Waals surface area contributed by atoms with E-state index >= 15 is 0 Å². The Morgan fingerprint density at radius 3 is 2.19 bits per heavy atom. The van der Waals surface area contributed by atoms with Gasteiger partial charge in [0.25, 0.3) is 5.91 Å². The van der Waals surface area contributed by atoms with E-state index in [9.17, 15) is 13.6 Å². The van der Waals surface area contributed by atoms with Crippen molar-refractivity contribution < 1.29 is 13.6 Å². The molecule has 0 spiro atoms. The molecule has 140 valence electrons. The maximum atomic E-state index is 13.4. The molecule has 0 saturated carbocycles. The summed E-state index contributed by atoms with van der Waals surface area (Å²) in [5.41, 5.74) is 3.63. The van der Waals surface area contributed by atoms with Crippen LogP contribution < -0.4 is 5.32 Å². The quantitative estimate of drug-likeness (QED) is 0.665. The fourth-order valence-electron chi connectivity index (χ4n) is 2.79. The Morgan fingerprint density at radius 2 is 1.63 bits per heavy atom. The third kappa shape index (κ3) is 4.05. The second-order valence-electron chi connectivity index (χ2n) is 7.51. The van der Waals surface area contributed by atoms with Gasteiger partial charge in [-0.25, -0.2) is 8.78 Å². The number of amides is 1. The zero-order chi connectivity index (χ0) is 19.8. The molecule has 3 aromatic rings. The molecule has 0 aliphatic rings. The summed E-state index contributed by atoms with van der Waals surface area (Å²) in [7, 11) is 0. The van der Waals surface area contributed by atoms with E-state index in [2.05, 4.69) is 36.3 Å². The lowest BCUT2D eigenvalue weighted by Crippen LogP contribution is -2.13. The summed E-state index contributed by atoms with van der Waals surface area (Å²) in [5.74, 6) is -2.21. The van der Waals surface area contributed by atoms with Gasteiger partial charge < -0.3 is 5.32 Å². The molecule has 0 aliphatic carbocycles. The number of carbonyl (C=O) groups excluding carboxylic acids is 1. The summed E-state index contributed by atoms with van der Waals surface area (Å²) in [6.45, 7) is 8.15. The fraction of sp³-hybridized carbons (Fsp3) is 0.238. The van der Waals surface area contributed by atoms with Gasteiger partial charge in [0, 0.05) is 17.2 Å². The SMILES string of the molecule is Cc1[nH]nc(-c2ccc(C(C)(C)C)cc2)c1NC(=O)c1cc(F)cc(F)c1. The van der Waals surface area contributed by atoms with Crippen LogP contribution in [0.15, 0.2) is 42.5 Å². The molecule has 0 bridgehead atoms. The van der Waals surface area contributed by atoms with Crippen LogP contribution in [-0.4, -0.2) is 16.1 Å². The Kier molecular flexibility index (Phi) is 4.83. The van der Waals surface area contributed by atoms with Crippen LogP contribution >= 0.6 is 0 Å². The van der Waals surface area contributed by atoms with Gasteiger partial charge in [0.15, 0.2) is 0 Å². The first-order valence-corrected chi connectivity index (χ1v) is 8.58. The molecule has 6 heteroatoms. The van der Waals surface area contributed by atoms with Gasteiger partial charge in [0.2, 0.25) is 0 Å².